The van der Waals surface area contributed by atoms with E-state index in [9.17, 15) is 4.79 Å². The summed E-state index contributed by atoms with van der Waals surface area (Å²) in [6.45, 7) is 11.7. The number of benzene rings is 1. The van der Waals surface area contributed by atoms with Gasteiger partial charge in [0.05, 0.1) is 0 Å². The van der Waals surface area contributed by atoms with Crippen molar-refractivity contribution in [3.8, 4) is 0 Å². The van der Waals surface area contributed by atoms with Gasteiger partial charge in [-0.2, -0.15) is 0 Å². The van der Waals surface area contributed by atoms with Crippen molar-refractivity contribution in [2.45, 2.75) is 70.1 Å². The lowest BCUT2D eigenvalue weighted by Crippen LogP contribution is -2.34. The van der Waals surface area contributed by atoms with Crippen molar-refractivity contribution in [3.63, 3.8) is 0 Å². The lowest BCUT2D eigenvalue weighted by atomic mass is 9.62. The Balaban J connectivity index is 2.10. The summed E-state index contributed by atoms with van der Waals surface area (Å²) in [6.07, 6.45) is 4.64. The Kier molecular flexibility index (Phi) is 2.74. The highest BCUT2D eigenvalue weighted by Crippen LogP contribution is 2.54. The zero-order chi connectivity index (χ0) is 14.8. The van der Waals surface area contributed by atoms with Crippen LogP contribution in [0.5, 0.6) is 0 Å². The van der Waals surface area contributed by atoms with Crippen LogP contribution in [-0.4, -0.2) is 6.29 Å². The van der Waals surface area contributed by atoms with Crippen molar-refractivity contribution in [2.24, 2.45) is 5.92 Å². The molecule has 1 aromatic rings. The fourth-order valence-corrected chi connectivity index (χ4v) is 3.87. The molecular formula is C19H26O. The Hall–Kier alpha value is -1.11. The lowest BCUT2D eigenvalue weighted by molar-refractivity contribution is -0.109. The number of aldehydes is 1. The van der Waals surface area contributed by atoms with Gasteiger partial charge in [-0.05, 0) is 46.8 Å². The van der Waals surface area contributed by atoms with Gasteiger partial charge in [0.1, 0.15) is 6.29 Å². The molecule has 1 saturated carbocycles. The van der Waals surface area contributed by atoms with E-state index in [0.717, 1.165) is 12.7 Å². The molecule has 2 aliphatic rings. The Bertz CT molecular complexity index is 567. The second-order valence-electron chi connectivity index (χ2n) is 8.39. The van der Waals surface area contributed by atoms with Crippen LogP contribution in [-0.2, 0) is 21.0 Å². The molecule has 2 atom stereocenters. The minimum atomic E-state index is 0.0917. The van der Waals surface area contributed by atoms with Gasteiger partial charge >= 0.3 is 0 Å². The smallest absolute Gasteiger partial charge is 0.123 e. The summed E-state index contributed by atoms with van der Waals surface area (Å²) in [5.74, 6) is 0.222. The first-order valence-corrected chi connectivity index (χ1v) is 7.81. The van der Waals surface area contributed by atoms with Gasteiger partial charge in [-0.1, -0.05) is 52.8 Å². The predicted octanol–water partition coefficient (Wildman–Crippen LogP) is 4.51. The minimum absolute atomic E-state index is 0.0917. The zero-order valence-electron chi connectivity index (χ0n) is 13.4. The molecular weight excluding hydrogens is 244 g/mol. The summed E-state index contributed by atoms with van der Waals surface area (Å²) in [5.41, 5.74) is 4.99. The molecule has 0 amide bonds. The molecule has 0 radical (unpaired) electrons. The molecule has 108 valence electrons. The molecule has 2 aliphatic carbocycles. The highest BCUT2D eigenvalue weighted by molar-refractivity contribution is 5.64. The summed E-state index contributed by atoms with van der Waals surface area (Å²) < 4.78 is 0. The summed E-state index contributed by atoms with van der Waals surface area (Å²) in [7, 11) is 0. The van der Waals surface area contributed by atoms with Crippen molar-refractivity contribution < 1.29 is 4.79 Å². The highest BCUT2D eigenvalue weighted by Gasteiger charge is 2.51. The Labute approximate surface area is 122 Å². The van der Waals surface area contributed by atoms with E-state index in [4.69, 9.17) is 0 Å². The molecule has 20 heavy (non-hydrogen) atoms. The van der Waals surface area contributed by atoms with Crippen LogP contribution < -0.4 is 0 Å². The molecule has 2 unspecified atom stereocenters. The second-order valence-corrected chi connectivity index (χ2v) is 8.39. The molecule has 3 rings (SSSR count). The predicted molar refractivity (Wildman–Crippen MR) is 83.3 cm³/mol. The average Bonchev–Trinajstić information content (AvgIpc) is 3.08. The van der Waals surface area contributed by atoms with Crippen LogP contribution in [0, 0.1) is 5.92 Å². The van der Waals surface area contributed by atoms with Gasteiger partial charge in [0.25, 0.3) is 0 Å². The Morgan fingerprint density at radius 3 is 2.15 bits per heavy atom. The van der Waals surface area contributed by atoms with Crippen LogP contribution in [0.1, 0.15) is 70.6 Å². The van der Waals surface area contributed by atoms with Crippen LogP contribution in [0.4, 0.5) is 0 Å². The maximum Gasteiger partial charge on any atom is 0.123 e. The number of rotatable bonds is 2. The fraction of sp³-hybridized carbons (Fsp3) is 0.632. The second kappa shape index (κ2) is 3.96. The lowest BCUT2D eigenvalue weighted by Gasteiger charge is -2.42. The third kappa shape index (κ3) is 1.86. The van der Waals surface area contributed by atoms with Gasteiger partial charge in [0, 0.05) is 11.3 Å². The van der Waals surface area contributed by atoms with E-state index >= 15 is 0 Å². The molecule has 0 spiro atoms. The molecule has 1 nitrogen and oxygen atoms in total. The molecule has 0 heterocycles. The molecule has 0 bridgehead atoms. The Morgan fingerprint density at radius 2 is 1.60 bits per heavy atom. The van der Waals surface area contributed by atoms with E-state index in [2.05, 4.69) is 52.8 Å². The van der Waals surface area contributed by atoms with Crippen molar-refractivity contribution in [3.05, 3.63) is 34.9 Å². The normalized spacial score (nSPS) is 33.4. The Morgan fingerprint density at radius 1 is 1.00 bits per heavy atom. The van der Waals surface area contributed by atoms with Crippen LogP contribution in [0.2, 0.25) is 0 Å². The van der Waals surface area contributed by atoms with Crippen LogP contribution in [0.15, 0.2) is 18.2 Å². The molecule has 1 heteroatoms. The van der Waals surface area contributed by atoms with Crippen molar-refractivity contribution in [1.82, 2.24) is 0 Å². The van der Waals surface area contributed by atoms with Crippen molar-refractivity contribution in [1.29, 1.82) is 0 Å². The number of carbonyl (C=O) groups excluding carboxylic acids is 1. The quantitative estimate of drug-likeness (QED) is 0.722. The van der Waals surface area contributed by atoms with Crippen molar-refractivity contribution >= 4 is 6.29 Å². The molecule has 1 fully saturated rings. The zero-order valence-corrected chi connectivity index (χ0v) is 13.4. The SMILES string of the molecule is CC1(C)CCC(C)(C)c2cc(C3(C)CC3C=O)ccc21. The molecule has 0 saturated heterocycles. The first kappa shape index (κ1) is 13.9. The van der Waals surface area contributed by atoms with Crippen LogP contribution in [0.25, 0.3) is 0 Å². The molecule has 0 aliphatic heterocycles. The van der Waals surface area contributed by atoms with Crippen molar-refractivity contribution in [2.75, 3.05) is 0 Å². The summed E-state index contributed by atoms with van der Waals surface area (Å²) in [4.78, 5) is 11.1. The van der Waals surface area contributed by atoms with Crippen LogP contribution in [0.3, 0.4) is 0 Å². The molecule has 1 aromatic carbocycles. The maximum atomic E-state index is 11.1. The number of carbonyl (C=O) groups is 1. The van der Waals surface area contributed by atoms with Gasteiger partial charge in [-0.15, -0.1) is 0 Å². The van der Waals surface area contributed by atoms with E-state index in [1.165, 1.54) is 29.5 Å². The summed E-state index contributed by atoms with van der Waals surface area (Å²) in [5, 5.41) is 0. The van der Waals surface area contributed by atoms with Crippen LogP contribution >= 0.6 is 0 Å². The van der Waals surface area contributed by atoms with E-state index < -0.39 is 0 Å². The maximum absolute atomic E-state index is 11.1. The topological polar surface area (TPSA) is 17.1 Å². The molecule has 0 N–H and O–H groups in total. The third-order valence-electron chi connectivity index (χ3n) is 5.98. The van der Waals surface area contributed by atoms with E-state index in [1.54, 1.807) is 0 Å². The highest BCUT2D eigenvalue weighted by atomic mass is 16.1. The fourth-order valence-electron chi connectivity index (χ4n) is 3.87. The number of hydrogen-bond acceptors (Lipinski definition) is 1. The van der Waals surface area contributed by atoms with Gasteiger partial charge < -0.3 is 4.79 Å². The van der Waals surface area contributed by atoms with Gasteiger partial charge in [0.15, 0.2) is 0 Å². The monoisotopic (exact) mass is 270 g/mol. The third-order valence-corrected chi connectivity index (χ3v) is 5.98. The van der Waals surface area contributed by atoms with Gasteiger partial charge in [-0.25, -0.2) is 0 Å². The van der Waals surface area contributed by atoms with E-state index in [-0.39, 0.29) is 22.2 Å². The average molecular weight is 270 g/mol. The standard InChI is InChI=1S/C19H26O/c1-17(2)8-9-18(3,4)16-10-13(6-7-15(16)17)19(5)11-14(19)12-20/h6-7,10,12,14H,8-9,11H2,1-5H3. The summed E-state index contributed by atoms with van der Waals surface area (Å²) >= 11 is 0. The number of hydrogen-bond donors (Lipinski definition) is 0. The first-order chi connectivity index (χ1) is 9.21. The minimum Gasteiger partial charge on any atom is -0.303 e. The largest absolute Gasteiger partial charge is 0.303 e. The number of fused-ring (bicyclic) bond motifs is 1. The summed E-state index contributed by atoms with van der Waals surface area (Å²) in [6, 6.07) is 7.00. The van der Waals surface area contributed by atoms with E-state index in [0.29, 0.717) is 0 Å². The van der Waals surface area contributed by atoms with Gasteiger partial charge in [0.2, 0.25) is 0 Å². The van der Waals surface area contributed by atoms with E-state index in [1.807, 2.05) is 0 Å². The first-order valence-electron chi connectivity index (χ1n) is 7.81. The molecule has 0 aromatic heterocycles. The van der Waals surface area contributed by atoms with Gasteiger partial charge in [-0.3, -0.25) is 0 Å².